The predicted octanol–water partition coefficient (Wildman–Crippen LogP) is 3.10. The highest BCUT2D eigenvalue weighted by atomic mass is 16.6. The number of fused-ring (bicyclic) bond motifs is 10. The van der Waals surface area contributed by atoms with Crippen molar-refractivity contribution in [2.45, 2.75) is 111 Å². The summed E-state index contributed by atoms with van der Waals surface area (Å²) in [4.78, 5) is 53.1. The molecule has 0 aromatic rings. The summed E-state index contributed by atoms with van der Waals surface area (Å²) in [5, 5.41) is 24.3. The first kappa shape index (κ1) is 32.8. The second-order valence-electron chi connectivity index (χ2n) is 16.4. The average molecular weight is 657 g/mol. The van der Waals surface area contributed by atoms with E-state index in [0.717, 1.165) is 0 Å². The lowest BCUT2D eigenvalue weighted by Gasteiger charge is -2.65. The van der Waals surface area contributed by atoms with Crippen LogP contribution < -0.4 is 0 Å². The molecule has 2 N–H and O–H groups in total. The fraction of sp³-hybridized carbons (Fsp3) is 0.778. The van der Waals surface area contributed by atoms with Crippen LogP contribution in [0.5, 0.6) is 0 Å². The number of ether oxygens (including phenoxy) is 5. The third kappa shape index (κ3) is 3.85. The maximum atomic E-state index is 14.5. The van der Waals surface area contributed by atoms with Crippen molar-refractivity contribution < 1.29 is 53.1 Å². The fourth-order valence-electron chi connectivity index (χ4n) is 12.6. The number of epoxide rings is 1. The molecule has 0 radical (unpaired) electrons. The number of hydrogen-bond acceptors (Lipinski definition) is 11. The Balaban J connectivity index is 1.49. The van der Waals surface area contributed by atoms with Gasteiger partial charge in [0.2, 0.25) is 0 Å². The van der Waals surface area contributed by atoms with Gasteiger partial charge in [0.1, 0.15) is 47.6 Å². The fourth-order valence-corrected chi connectivity index (χ4v) is 12.6. The molecule has 7 aliphatic rings. The van der Waals surface area contributed by atoms with Crippen LogP contribution in [0.15, 0.2) is 24.2 Å². The zero-order chi connectivity index (χ0) is 34.5. The number of esters is 3. The van der Waals surface area contributed by atoms with Gasteiger partial charge < -0.3 is 33.9 Å². The van der Waals surface area contributed by atoms with Gasteiger partial charge in [0.05, 0.1) is 11.5 Å². The molecule has 47 heavy (non-hydrogen) atoms. The molecule has 0 aromatic carbocycles. The van der Waals surface area contributed by atoms with Gasteiger partial charge in [-0.15, -0.1) is 0 Å². The van der Waals surface area contributed by atoms with Crippen molar-refractivity contribution in [2.24, 2.45) is 63.6 Å². The minimum Gasteiger partial charge on any atom is -0.463 e. The highest BCUT2D eigenvalue weighted by Crippen LogP contribution is 2.77. The lowest BCUT2D eigenvalue weighted by molar-refractivity contribution is -0.252. The molecule has 4 saturated carbocycles. The van der Waals surface area contributed by atoms with Crippen molar-refractivity contribution in [3.8, 4) is 0 Å². The van der Waals surface area contributed by atoms with E-state index in [1.807, 2.05) is 40.7 Å². The van der Waals surface area contributed by atoms with E-state index in [4.69, 9.17) is 23.7 Å². The lowest BCUT2D eigenvalue weighted by Crippen LogP contribution is -2.72. The Kier molecular flexibility index (Phi) is 6.91. The first-order valence-corrected chi connectivity index (χ1v) is 17.0. The summed E-state index contributed by atoms with van der Waals surface area (Å²) in [5.41, 5.74) is -4.62. The number of carbonyl (C=O) groups is 4. The smallest absolute Gasteiger partial charge is 0.303 e. The normalized spacial score (nSPS) is 55.1. The van der Waals surface area contributed by atoms with Crippen LogP contribution in [0.2, 0.25) is 0 Å². The Labute approximate surface area is 275 Å². The standard InChI is InChI=1S/C36H48O11/c1-13-11-21-35(9,36(10,42)15(3)43-21)26-23(13)34(8)25(30(26)44-16(4)37)22-24(14(2)31(34)45-17(5)38)33(7)19(27(40)28(22)41)12-20-29(47-20)32(33)46-18(6)39/h11,13-14,19-20,22-26,28-32,41-42H,3,12H2,1-2,4-10H3/t13-,14+,19-,20+,22?,23+,24?,25-,26+,28?,29+,30-,31+,32+,33+,34-,35+,36-/m1/s1. The van der Waals surface area contributed by atoms with Gasteiger partial charge in [-0.25, -0.2) is 0 Å². The highest BCUT2D eigenvalue weighted by Gasteiger charge is 2.82. The van der Waals surface area contributed by atoms with Crippen LogP contribution in [0, 0.1) is 63.6 Å². The number of allylic oxidation sites excluding steroid dienone is 1. The number of aliphatic hydroxyl groups is 2. The van der Waals surface area contributed by atoms with Crippen LogP contribution in [-0.2, 0) is 42.9 Å². The molecule has 7 rings (SSSR count). The molecule has 11 heteroatoms. The van der Waals surface area contributed by atoms with Crippen LogP contribution in [0.25, 0.3) is 0 Å². The number of Topliss-reactive ketones (excluding diaryl/α,β-unsaturated/α-hetero) is 1. The maximum Gasteiger partial charge on any atom is 0.303 e. The summed E-state index contributed by atoms with van der Waals surface area (Å²) >= 11 is 0. The summed E-state index contributed by atoms with van der Waals surface area (Å²) in [6.07, 6.45) is -2.15. The van der Waals surface area contributed by atoms with E-state index in [1.54, 1.807) is 6.92 Å². The first-order chi connectivity index (χ1) is 21.7. The third-order valence-electron chi connectivity index (χ3n) is 14.3. The number of ketones is 1. The van der Waals surface area contributed by atoms with Crippen molar-refractivity contribution in [2.75, 3.05) is 0 Å². The van der Waals surface area contributed by atoms with E-state index >= 15 is 0 Å². The van der Waals surface area contributed by atoms with Gasteiger partial charge in [-0.2, -0.15) is 0 Å². The molecule has 0 aromatic heterocycles. The monoisotopic (exact) mass is 656 g/mol. The van der Waals surface area contributed by atoms with Crippen molar-refractivity contribution >= 4 is 23.7 Å². The van der Waals surface area contributed by atoms with Gasteiger partial charge in [0.15, 0.2) is 5.78 Å². The highest BCUT2D eigenvalue weighted by molar-refractivity contribution is 5.88. The summed E-state index contributed by atoms with van der Waals surface area (Å²) in [6.45, 7) is 19.6. The maximum absolute atomic E-state index is 14.5. The van der Waals surface area contributed by atoms with E-state index in [9.17, 15) is 29.4 Å². The molecule has 0 bridgehead atoms. The van der Waals surface area contributed by atoms with Crippen LogP contribution in [0.4, 0.5) is 0 Å². The second kappa shape index (κ2) is 9.91. The molecule has 5 aliphatic carbocycles. The van der Waals surface area contributed by atoms with Gasteiger partial charge in [0, 0.05) is 55.3 Å². The van der Waals surface area contributed by atoms with Gasteiger partial charge in [-0.05, 0) is 50.0 Å². The molecule has 0 spiro atoms. The molecular weight excluding hydrogens is 608 g/mol. The molecule has 3 unspecified atom stereocenters. The number of aliphatic hydroxyl groups excluding tert-OH is 1. The zero-order valence-corrected chi connectivity index (χ0v) is 28.6. The average Bonchev–Trinajstić information content (AvgIpc) is 3.65. The molecule has 6 fully saturated rings. The van der Waals surface area contributed by atoms with E-state index in [2.05, 4.69) is 6.58 Å². The molecule has 18 atom stereocenters. The Morgan fingerprint density at radius 2 is 1.49 bits per heavy atom. The van der Waals surface area contributed by atoms with Crippen molar-refractivity contribution in [1.29, 1.82) is 0 Å². The first-order valence-electron chi connectivity index (χ1n) is 17.0. The van der Waals surface area contributed by atoms with Crippen LogP contribution in [0.3, 0.4) is 0 Å². The van der Waals surface area contributed by atoms with E-state index in [-0.39, 0.29) is 29.5 Å². The van der Waals surface area contributed by atoms with Crippen molar-refractivity contribution in [3.63, 3.8) is 0 Å². The molecule has 258 valence electrons. The summed E-state index contributed by atoms with van der Waals surface area (Å²) in [7, 11) is 0. The Morgan fingerprint density at radius 1 is 0.894 bits per heavy atom. The quantitative estimate of drug-likeness (QED) is 0.261. The van der Waals surface area contributed by atoms with Crippen LogP contribution >= 0.6 is 0 Å². The van der Waals surface area contributed by atoms with Gasteiger partial charge >= 0.3 is 17.9 Å². The number of rotatable bonds is 3. The zero-order valence-electron chi connectivity index (χ0n) is 28.6. The second-order valence-corrected chi connectivity index (χ2v) is 16.4. The number of hydrogen-bond donors (Lipinski definition) is 2. The summed E-state index contributed by atoms with van der Waals surface area (Å²) < 4.78 is 30.8. The van der Waals surface area contributed by atoms with Crippen LogP contribution in [0.1, 0.15) is 68.7 Å². The molecule has 0 amide bonds. The van der Waals surface area contributed by atoms with Crippen molar-refractivity contribution in [3.05, 3.63) is 24.2 Å². The van der Waals surface area contributed by atoms with E-state index in [1.165, 1.54) is 20.8 Å². The Bertz CT molecular complexity index is 1500. The third-order valence-corrected chi connectivity index (χ3v) is 14.3. The summed E-state index contributed by atoms with van der Waals surface area (Å²) in [6, 6.07) is 0. The lowest BCUT2D eigenvalue weighted by atomic mass is 9.39. The van der Waals surface area contributed by atoms with Gasteiger partial charge in [0.25, 0.3) is 0 Å². The van der Waals surface area contributed by atoms with E-state index < -0.39 is 106 Å². The number of carbonyl (C=O) groups excluding carboxylic acids is 4. The Morgan fingerprint density at radius 3 is 2.09 bits per heavy atom. The minimum atomic E-state index is -1.56. The topological polar surface area (TPSA) is 158 Å². The predicted molar refractivity (Wildman–Crippen MR) is 163 cm³/mol. The molecule has 11 nitrogen and oxygen atoms in total. The molecular formula is C36H48O11. The molecule has 2 heterocycles. The molecule has 2 saturated heterocycles. The summed E-state index contributed by atoms with van der Waals surface area (Å²) in [5.74, 6) is -5.38. The SMILES string of the molecule is C=C1OC2=C[C@@H](C)[C@H]3[C@@H]([C@H](OC(C)=O)[C@H]4C5C(O)C(=O)[C@H]6C[C@@H]7O[C@@H]7[C@H](OC(C)=O)[C@]6(C)C5[C@H](C)[C@H](OC(C)=O)[C@]34C)[C@@]2(C)[C@]1(C)O. The van der Waals surface area contributed by atoms with Crippen molar-refractivity contribution in [1.82, 2.24) is 0 Å². The molecule has 2 aliphatic heterocycles. The minimum absolute atomic E-state index is 0.178. The van der Waals surface area contributed by atoms with Gasteiger partial charge in [-0.3, -0.25) is 19.2 Å². The van der Waals surface area contributed by atoms with Gasteiger partial charge in [-0.1, -0.05) is 34.3 Å². The Hall–Kier alpha value is -2.76. The van der Waals surface area contributed by atoms with Crippen LogP contribution in [-0.4, -0.2) is 76.1 Å². The van der Waals surface area contributed by atoms with E-state index in [0.29, 0.717) is 12.2 Å². The largest absolute Gasteiger partial charge is 0.463 e.